The zero-order valence-corrected chi connectivity index (χ0v) is 14.1. The van der Waals surface area contributed by atoms with E-state index in [0.29, 0.717) is 0 Å². The molecule has 1 aromatic heterocycles. The highest BCUT2D eigenvalue weighted by atomic mass is 79.9. The number of benzene rings is 1. The molecule has 21 heavy (non-hydrogen) atoms. The topological polar surface area (TPSA) is 71.1 Å². The van der Waals surface area contributed by atoms with Crippen LogP contribution < -0.4 is 10.0 Å². The zero-order chi connectivity index (χ0) is 15.5. The van der Waals surface area contributed by atoms with Gasteiger partial charge in [-0.2, -0.15) is 0 Å². The number of nitrogens with zero attached hydrogens (tertiary/aromatic N) is 1. The molecule has 0 aliphatic rings. The number of rotatable bonds is 5. The molecule has 0 saturated heterocycles. The fourth-order valence-electron chi connectivity index (χ4n) is 1.68. The molecule has 7 heteroatoms. The molecule has 0 spiro atoms. The lowest BCUT2D eigenvalue weighted by atomic mass is 10.3. The molecule has 0 radical (unpaired) electrons. The minimum absolute atomic E-state index is 0.192. The molecule has 0 amide bonds. The Bertz CT molecular complexity index is 698. The van der Waals surface area contributed by atoms with Gasteiger partial charge in [-0.05, 0) is 50.2 Å². The SMILES string of the molecule is CC(C)Nc1ccc(NS(=O)(=O)c2ccc(Br)cc2)nc1. The molecule has 0 fully saturated rings. The first-order chi connectivity index (χ1) is 9.87. The van der Waals surface area contributed by atoms with Gasteiger partial charge < -0.3 is 5.32 Å². The Balaban J connectivity index is 2.15. The number of sulfonamides is 1. The van der Waals surface area contributed by atoms with Crippen LogP contribution in [0.1, 0.15) is 13.8 Å². The van der Waals surface area contributed by atoms with Crippen LogP contribution in [-0.2, 0) is 10.0 Å². The van der Waals surface area contributed by atoms with E-state index >= 15 is 0 Å². The minimum Gasteiger partial charge on any atom is -0.382 e. The van der Waals surface area contributed by atoms with Gasteiger partial charge in [0.05, 0.1) is 16.8 Å². The molecule has 0 aliphatic carbocycles. The molecule has 112 valence electrons. The van der Waals surface area contributed by atoms with Crippen molar-refractivity contribution in [3.63, 3.8) is 0 Å². The molecule has 2 rings (SSSR count). The predicted molar refractivity (Wildman–Crippen MR) is 87.9 cm³/mol. The standard InChI is InChI=1S/C14H16BrN3O2S/c1-10(2)17-12-5-8-14(16-9-12)18-21(19,20)13-6-3-11(15)4-7-13/h3-10,17H,1-2H3,(H,16,18). The van der Waals surface area contributed by atoms with E-state index in [-0.39, 0.29) is 16.8 Å². The molecular formula is C14H16BrN3O2S. The summed E-state index contributed by atoms with van der Waals surface area (Å²) in [6, 6.07) is 10.1. The van der Waals surface area contributed by atoms with Crippen LogP contribution in [0.3, 0.4) is 0 Å². The lowest BCUT2D eigenvalue weighted by molar-refractivity contribution is 0.601. The molecule has 5 nitrogen and oxygen atoms in total. The summed E-state index contributed by atoms with van der Waals surface area (Å²) >= 11 is 3.27. The first kappa shape index (κ1) is 15.8. The van der Waals surface area contributed by atoms with Gasteiger partial charge in [-0.1, -0.05) is 15.9 Å². The summed E-state index contributed by atoms with van der Waals surface area (Å²) in [6.45, 7) is 4.04. The van der Waals surface area contributed by atoms with Gasteiger partial charge in [-0.15, -0.1) is 0 Å². The number of nitrogens with one attached hydrogen (secondary N) is 2. The Kier molecular flexibility index (Phi) is 4.84. The second kappa shape index (κ2) is 6.44. The van der Waals surface area contributed by atoms with Crippen molar-refractivity contribution in [1.29, 1.82) is 0 Å². The van der Waals surface area contributed by atoms with Crippen molar-refractivity contribution < 1.29 is 8.42 Å². The number of anilines is 2. The van der Waals surface area contributed by atoms with E-state index < -0.39 is 10.0 Å². The number of hydrogen-bond donors (Lipinski definition) is 2. The Morgan fingerprint density at radius 1 is 1.10 bits per heavy atom. The van der Waals surface area contributed by atoms with Crippen LogP contribution in [0, 0.1) is 0 Å². The van der Waals surface area contributed by atoms with E-state index in [1.807, 2.05) is 13.8 Å². The van der Waals surface area contributed by atoms with E-state index in [4.69, 9.17) is 0 Å². The number of halogens is 1. The minimum atomic E-state index is -3.62. The van der Waals surface area contributed by atoms with Gasteiger partial charge >= 0.3 is 0 Å². The number of aromatic nitrogens is 1. The average molecular weight is 370 g/mol. The van der Waals surface area contributed by atoms with E-state index in [1.165, 1.54) is 12.1 Å². The molecule has 0 saturated carbocycles. The van der Waals surface area contributed by atoms with E-state index in [2.05, 4.69) is 31.0 Å². The van der Waals surface area contributed by atoms with Crippen molar-refractivity contribution in [2.75, 3.05) is 10.0 Å². The van der Waals surface area contributed by atoms with Gasteiger partial charge in [0.25, 0.3) is 10.0 Å². The lowest BCUT2D eigenvalue weighted by Crippen LogP contribution is -2.14. The fraction of sp³-hybridized carbons (Fsp3) is 0.214. The van der Waals surface area contributed by atoms with Gasteiger partial charge in [-0.3, -0.25) is 4.72 Å². The largest absolute Gasteiger partial charge is 0.382 e. The highest BCUT2D eigenvalue weighted by Gasteiger charge is 2.14. The highest BCUT2D eigenvalue weighted by molar-refractivity contribution is 9.10. The second-order valence-corrected chi connectivity index (χ2v) is 7.39. The molecule has 0 bridgehead atoms. The zero-order valence-electron chi connectivity index (χ0n) is 11.7. The Morgan fingerprint density at radius 2 is 1.76 bits per heavy atom. The van der Waals surface area contributed by atoms with Crippen LogP contribution in [0.2, 0.25) is 0 Å². The highest BCUT2D eigenvalue weighted by Crippen LogP contribution is 2.18. The van der Waals surface area contributed by atoms with Crippen LogP contribution in [0.15, 0.2) is 52.0 Å². The molecule has 2 aromatic rings. The lowest BCUT2D eigenvalue weighted by Gasteiger charge is -2.11. The van der Waals surface area contributed by atoms with E-state index in [1.54, 1.807) is 30.5 Å². The van der Waals surface area contributed by atoms with Crippen LogP contribution >= 0.6 is 15.9 Å². The van der Waals surface area contributed by atoms with Gasteiger partial charge in [-0.25, -0.2) is 13.4 Å². The monoisotopic (exact) mass is 369 g/mol. The first-order valence-corrected chi connectivity index (χ1v) is 8.65. The quantitative estimate of drug-likeness (QED) is 0.846. The summed E-state index contributed by atoms with van der Waals surface area (Å²) in [5.74, 6) is 0.284. The van der Waals surface area contributed by atoms with Gasteiger partial charge in [0.15, 0.2) is 0 Å². The van der Waals surface area contributed by atoms with Crippen molar-refractivity contribution in [3.05, 3.63) is 47.1 Å². The Labute approximate surface area is 133 Å². The van der Waals surface area contributed by atoms with E-state index in [9.17, 15) is 8.42 Å². The summed E-state index contributed by atoms with van der Waals surface area (Å²) in [4.78, 5) is 4.29. The summed E-state index contributed by atoms with van der Waals surface area (Å²) < 4.78 is 27.7. The molecular weight excluding hydrogens is 354 g/mol. The average Bonchev–Trinajstić information content (AvgIpc) is 2.40. The third-order valence-electron chi connectivity index (χ3n) is 2.58. The van der Waals surface area contributed by atoms with Crippen molar-refractivity contribution in [3.8, 4) is 0 Å². The number of hydrogen-bond acceptors (Lipinski definition) is 4. The maximum absolute atomic E-state index is 12.2. The normalized spacial score (nSPS) is 11.4. The van der Waals surface area contributed by atoms with Crippen molar-refractivity contribution in [2.24, 2.45) is 0 Å². The number of pyridine rings is 1. The molecule has 2 N–H and O–H groups in total. The third kappa shape index (κ3) is 4.44. The smallest absolute Gasteiger partial charge is 0.263 e. The van der Waals surface area contributed by atoms with Crippen LogP contribution in [-0.4, -0.2) is 19.4 Å². The van der Waals surface area contributed by atoms with Gasteiger partial charge in [0.1, 0.15) is 5.82 Å². The van der Waals surface area contributed by atoms with Crippen molar-refractivity contribution >= 4 is 37.5 Å². The second-order valence-electron chi connectivity index (χ2n) is 4.79. The third-order valence-corrected chi connectivity index (χ3v) is 4.48. The maximum atomic E-state index is 12.2. The Morgan fingerprint density at radius 3 is 2.29 bits per heavy atom. The van der Waals surface area contributed by atoms with E-state index in [0.717, 1.165) is 10.2 Å². The Hall–Kier alpha value is -1.60. The maximum Gasteiger partial charge on any atom is 0.263 e. The summed E-state index contributed by atoms with van der Waals surface area (Å²) in [7, 11) is -3.62. The van der Waals surface area contributed by atoms with Crippen molar-refractivity contribution in [2.45, 2.75) is 24.8 Å². The summed E-state index contributed by atoms with van der Waals surface area (Å²) in [6.07, 6.45) is 1.60. The summed E-state index contributed by atoms with van der Waals surface area (Å²) in [5, 5.41) is 3.19. The van der Waals surface area contributed by atoms with Crippen molar-refractivity contribution in [1.82, 2.24) is 4.98 Å². The van der Waals surface area contributed by atoms with Crippen LogP contribution in [0.25, 0.3) is 0 Å². The fourth-order valence-corrected chi connectivity index (χ4v) is 2.96. The van der Waals surface area contributed by atoms with Gasteiger partial charge in [0, 0.05) is 10.5 Å². The molecule has 1 aromatic carbocycles. The molecule has 0 aliphatic heterocycles. The summed E-state index contributed by atoms with van der Waals surface area (Å²) in [5.41, 5.74) is 0.844. The van der Waals surface area contributed by atoms with Gasteiger partial charge in [0.2, 0.25) is 0 Å². The molecule has 1 heterocycles. The van der Waals surface area contributed by atoms with Crippen LogP contribution in [0.5, 0.6) is 0 Å². The first-order valence-electron chi connectivity index (χ1n) is 6.38. The molecule has 0 unspecified atom stereocenters. The predicted octanol–water partition coefficient (Wildman–Crippen LogP) is 3.47. The van der Waals surface area contributed by atoms with Crippen LogP contribution in [0.4, 0.5) is 11.5 Å². The molecule has 0 atom stereocenters.